The SMILES string of the molecule is NCCCC[C@H](N)C(=O)OC(=O)C(N)CCN=C(N)N. The molecule has 0 spiro atoms. The number of carbonyl (C=O) groups is 2. The third-order valence-corrected chi connectivity index (χ3v) is 2.51. The van der Waals surface area contributed by atoms with E-state index in [0.29, 0.717) is 19.4 Å². The molecule has 9 heteroatoms. The summed E-state index contributed by atoms with van der Waals surface area (Å²) in [7, 11) is 0. The summed E-state index contributed by atoms with van der Waals surface area (Å²) in [6.07, 6.45) is 2.03. The van der Waals surface area contributed by atoms with Gasteiger partial charge >= 0.3 is 11.9 Å². The predicted molar refractivity (Wildman–Crippen MR) is 75.2 cm³/mol. The van der Waals surface area contributed by atoms with Crippen LogP contribution < -0.4 is 28.7 Å². The van der Waals surface area contributed by atoms with Gasteiger partial charge in [0.2, 0.25) is 0 Å². The quantitative estimate of drug-likeness (QED) is 0.101. The lowest BCUT2D eigenvalue weighted by Crippen LogP contribution is -2.40. The zero-order valence-corrected chi connectivity index (χ0v) is 11.5. The summed E-state index contributed by atoms with van der Waals surface area (Å²) >= 11 is 0. The van der Waals surface area contributed by atoms with Gasteiger partial charge in [0.1, 0.15) is 12.1 Å². The number of esters is 2. The molecule has 116 valence electrons. The van der Waals surface area contributed by atoms with Crippen LogP contribution in [0.25, 0.3) is 0 Å². The van der Waals surface area contributed by atoms with E-state index in [-0.39, 0.29) is 18.9 Å². The van der Waals surface area contributed by atoms with E-state index in [9.17, 15) is 9.59 Å². The first-order valence-electron chi connectivity index (χ1n) is 6.40. The number of unbranched alkanes of at least 4 members (excludes halogenated alkanes) is 1. The van der Waals surface area contributed by atoms with Crippen LogP contribution in [-0.4, -0.2) is 43.1 Å². The lowest BCUT2D eigenvalue weighted by Gasteiger charge is -2.12. The van der Waals surface area contributed by atoms with Gasteiger partial charge < -0.3 is 33.4 Å². The third-order valence-electron chi connectivity index (χ3n) is 2.51. The first-order chi connectivity index (χ1) is 9.38. The normalized spacial score (nSPS) is 13.3. The van der Waals surface area contributed by atoms with Gasteiger partial charge in [-0.05, 0) is 25.8 Å². The Morgan fingerprint density at radius 3 is 2.05 bits per heavy atom. The van der Waals surface area contributed by atoms with Gasteiger partial charge in [0.15, 0.2) is 5.96 Å². The molecule has 0 aliphatic heterocycles. The van der Waals surface area contributed by atoms with Gasteiger partial charge in [0.25, 0.3) is 0 Å². The molecular formula is C11H24N6O3. The van der Waals surface area contributed by atoms with Gasteiger partial charge in [-0.25, -0.2) is 9.59 Å². The molecule has 10 N–H and O–H groups in total. The first kappa shape index (κ1) is 18.3. The predicted octanol–water partition coefficient (Wildman–Crippen LogP) is -2.50. The highest BCUT2D eigenvalue weighted by Gasteiger charge is 2.22. The van der Waals surface area contributed by atoms with E-state index in [1.807, 2.05) is 0 Å². The first-order valence-corrected chi connectivity index (χ1v) is 6.40. The fourth-order valence-corrected chi connectivity index (χ4v) is 1.33. The Labute approximate surface area is 117 Å². The Bertz CT molecular complexity index is 343. The summed E-state index contributed by atoms with van der Waals surface area (Å²) in [5.74, 6) is -1.72. The minimum absolute atomic E-state index is 0.0939. The Morgan fingerprint density at radius 1 is 1.00 bits per heavy atom. The highest BCUT2D eigenvalue weighted by atomic mass is 16.6. The fraction of sp³-hybridized carbons (Fsp3) is 0.727. The molecule has 0 bridgehead atoms. The van der Waals surface area contributed by atoms with E-state index in [0.717, 1.165) is 6.42 Å². The Hall–Kier alpha value is -1.71. The van der Waals surface area contributed by atoms with E-state index < -0.39 is 24.0 Å². The number of nitrogens with zero attached hydrogens (tertiary/aromatic N) is 1. The highest BCUT2D eigenvalue weighted by Crippen LogP contribution is 2.02. The number of carbonyl (C=O) groups excluding carboxylic acids is 2. The second kappa shape index (κ2) is 10.1. The summed E-state index contributed by atoms with van der Waals surface area (Å²) in [5.41, 5.74) is 26.7. The average molecular weight is 288 g/mol. The van der Waals surface area contributed by atoms with Crippen LogP contribution in [0.5, 0.6) is 0 Å². The summed E-state index contributed by atoms with van der Waals surface area (Å²) in [4.78, 5) is 26.7. The zero-order chi connectivity index (χ0) is 15.5. The molecule has 0 aliphatic carbocycles. The van der Waals surface area contributed by atoms with Crippen LogP contribution in [0.15, 0.2) is 4.99 Å². The minimum atomic E-state index is -0.974. The van der Waals surface area contributed by atoms with E-state index in [4.69, 9.17) is 28.7 Å². The third kappa shape index (κ3) is 8.40. The van der Waals surface area contributed by atoms with Crippen LogP contribution >= 0.6 is 0 Å². The summed E-state index contributed by atoms with van der Waals surface area (Å²) in [6.45, 7) is 0.700. The molecule has 0 aliphatic rings. The van der Waals surface area contributed by atoms with E-state index in [1.54, 1.807) is 0 Å². The van der Waals surface area contributed by atoms with Crippen LogP contribution in [0.1, 0.15) is 25.7 Å². The molecule has 0 heterocycles. The number of rotatable bonds is 9. The van der Waals surface area contributed by atoms with Crippen LogP contribution in [-0.2, 0) is 14.3 Å². The van der Waals surface area contributed by atoms with Crippen molar-refractivity contribution in [2.75, 3.05) is 13.1 Å². The maximum Gasteiger partial charge on any atom is 0.330 e. The van der Waals surface area contributed by atoms with Crippen LogP contribution in [0, 0.1) is 0 Å². The lowest BCUT2D eigenvalue weighted by atomic mass is 10.1. The van der Waals surface area contributed by atoms with Crippen molar-refractivity contribution in [3.05, 3.63) is 0 Å². The highest BCUT2D eigenvalue weighted by molar-refractivity contribution is 5.90. The van der Waals surface area contributed by atoms with Crippen LogP contribution in [0.3, 0.4) is 0 Å². The minimum Gasteiger partial charge on any atom is -0.391 e. The van der Waals surface area contributed by atoms with E-state index in [2.05, 4.69) is 9.73 Å². The van der Waals surface area contributed by atoms with E-state index in [1.165, 1.54) is 0 Å². The molecule has 0 amide bonds. The largest absolute Gasteiger partial charge is 0.391 e. The van der Waals surface area contributed by atoms with Crippen molar-refractivity contribution in [3.8, 4) is 0 Å². The molecule has 0 saturated carbocycles. The van der Waals surface area contributed by atoms with Crippen LogP contribution in [0.4, 0.5) is 0 Å². The summed E-state index contributed by atoms with van der Waals surface area (Å²) in [5, 5.41) is 0. The smallest absolute Gasteiger partial charge is 0.330 e. The number of aliphatic imine (C=N–C) groups is 1. The van der Waals surface area contributed by atoms with Crippen molar-refractivity contribution in [1.29, 1.82) is 0 Å². The molecule has 0 radical (unpaired) electrons. The van der Waals surface area contributed by atoms with Gasteiger partial charge in [-0.15, -0.1) is 0 Å². The Kier molecular flexibility index (Phi) is 9.26. The molecule has 9 nitrogen and oxygen atoms in total. The van der Waals surface area contributed by atoms with Gasteiger partial charge in [-0.1, -0.05) is 6.42 Å². The fourth-order valence-electron chi connectivity index (χ4n) is 1.33. The molecule has 20 heavy (non-hydrogen) atoms. The van der Waals surface area contributed by atoms with Gasteiger partial charge in [0.05, 0.1) is 0 Å². The number of nitrogens with two attached hydrogens (primary N) is 5. The maximum atomic E-state index is 11.5. The van der Waals surface area contributed by atoms with Crippen molar-refractivity contribution < 1.29 is 14.3 Å². The molecule has 0 rings (SSSR count). The standard InChI is InChI=1S/C11H24N6O3/c12-5-2-1-3-7(13)9(18)20-10(19)8(14)4-6-17-11(15)16/h7-8H,1-6,12-14H2,(H4,15,16,17)/t7-,8?/m0/s1. The van der Waals surface area contributed by atoms with Crippen molar-refractivity contribution in [2.45, 2.75) is 37.8 Å². The number of hydrogen-bond acceptors (Lipinski definition) is 7. The number of hydrogen-bond donors (Lipinski definition) is 5. The molecule has 0 saturated heterocycles. The molecule has 0 aromatic carbocycles. The molecule has 0 aromatic rings. The zero-order valence-electron chi connectivity index (χ0n) is 11.5. The molecule has 1 unspecified atom stereocenters. The van der Waals surface area contributed by atoms with E-state index >= 15 is 0 Å². The van der Waals surface area contributed by atoms with Crippen molar-refractivity contribution in [1.82, 2.24) is 0 Å². The number of ether oxygens (including phenoxy) is 1. The number of guanidine groups is 1. The van der Waals surface area contributed by atoms with Crippen molar-refractivity contribution >= 4 is 17.9 Å². The molecule has 2 atom stereocenters. The summed E-state index contributed by atoms with van der Waals surface area (Å²) in [6, 6.07) is -1.83. The average Bonchev–Trinajstić information content (AvgIpc) is 2.38. The molecular weight excluding hydrogens is 264 g/mol. The van der Waals surface area contributed by atoms with Crippen molar-refractivity contribution in [3.63, 3.8) is 0 Å². The van der Waals surface area contributed by atoms with Crippen LogP contribution in [0.2, 0.25) is 0 Å². The maximum absolute atomic E-state index is 11.5. The van der Waals surface area contributed by atoms with Gasteiger partial charge in [0, 0.05) is 6.54 Å². The molecule has 0 fully saturated rings. The van der Waals surface area contributed by atoms with Gasteiger partial charge in [-0.2, -0.15) is 0 Å². The second-order valence-corrected chi connectivity index (χ2v) is 4.33. The lowest BCUT2D eigenvalue weighted by molar-refractivity contribution is -0.161. The monoisotopic (exact) mass is 288 g/mol. The van der Waals surface area contributed by atoms with Crippen molar-refractivity contribution in [2.24, 2.45) is 33.7 Å². The van der Waals surface area contributed by atoms with Gasteiger partial charge in [-0.3, -0.25) is 4.99 Å². The Balaban J connectivity index is 4.04. The topological polar surface area (TPSA) is 186 Å². The summed E-state index contributed by atoms with van der Waals surface area (Å²) < 4.78 is 4.59. The molecule has 0 aromatic heterocycles. The Morgan fingerprint density at radius 2 is 1.55 bits per heavy atom. The second-order valence-electron chi connectivity index (χ2n) is 4.33.